The molecule has 0 saturated heterocycles. The lowest BCUT2D eigenvalue weighted by Gasteiger charge is -2.22. The smallest absolute Gasteiger partial charge is 0.340 e. The largest absolute Gasteiger partial charge is 0.494 e. The Morgan fingerprint density at radius 1 is 1.00 bits per heavy atom. The van der Waals surface area contributed by atoms with Crippen molar-refractivity contribution in [3.63, 3.8) is 0 Å². The van der Waals surface area contributed by atoms with Gasteiger partial charge in [-0.25, -0.2) is 13.2 Å². The van der Waals surface area contributed by atoms with Gasteiger partial charge >= 0.3 is 5.97 Å². The second kappa shape index (κ2) is 11.4. The zero-order chi connectivity index (χ0) is 24.6. The van der Waals surface area contributed by atoms with Crippen molar-refractivity contribution in [2.24, 2.45) is 0 Å². The van der Waals surface area contributed by atoms with E-state index in [1.54, 1.807) is 24.3 Å². The molecule has 2 aromatic rings. The molecular weight excluding hydrogens is 452 g/mol. The first-order valence-corrected chi connectivity index (χ1v) is 11.8. The summed E-state index contributed by atoms with van der Waals surface area (Å²) in [6, 6.07) is 9.12. The van der Waals surface area contributed by atoms with Crippen LogP contribution in [0.15, 0.2) is 36.4 Å². The lowest BCUT2D eigenvalue weighted by molar-refractivity contribution is -0.114. The third-order valence-electron chi connectivity index (χ3n) is 4.49. The number of esters is 1. The molecule has 1 N–H and O–H groups in total. The minimum Gasteiger partial charge on any atom is -0.494 e. The van der Waals surface area contributed by atoms with Gasteiger partial charge in [-0.05, 0) is 30.7 Å². The Hall–Kier alpha value is -3.47. The Balaban J connectivity index is 2.32. The van der Waals surface area contributed by atoms with Crippen LogP contribution in [-0.2, 0) is 19.6 Å². The summed E-state index contributed by atoms with van der Waals surface area (Å²) < 4.78 is 46.4. The molecule has 0 heterocycles. The summed E-state index contributed by atoms with van der Waals surface area (Å²) >= 11 is 0. The number of ether oxygens (including phenoxy) is 4. The zero-order valence-corrected chi connectivity index (χ0v) is 20.0. The number of sulfonamides is 1. The topological polar surface area (TPSA) is 120 Å². The summed E-state index contributed by atoms with van der Waals surface area (Å²) in [6.07, 6.45) is 1.83. The first kappa shape index (κ1) is 25.8. The van der Waals surface area contributed by atoms with Crippen LogP contribution in [0.5, 0.6) is 17.2 Å². The molecule has 33 heavy (non-hydrogen) atoms. The molecule has 0 radical (unpaired) electrons. The minimum absolute atomic E-state index is 0.0202. The van der Waals surface area contributed by atoms with Crippen molar-refractivity contribution in [1.82, 2.24) is 0 Å². The first-order chi connectivity index (χ1) is 15.6. The van der Waals surface area contributed by atoms with Crippen molar-refractivity contribution in [1.29, 1.82) is 0 Å². The van der Waals surface area contributed by atoms with E-state index in [2.05, 4.69) is 5.32 Å². The minimum atomic E-state index is -3.79. The zero-order valence-electron chi connectivity index (χ0n) is 19.2. The van der Waals surface area contributed by atoms with Gasteiger partial charge in [-0.15, -0.1) is 0 Å². The molecule has 0 bridgehead atoms. The molecule has 1 amide bonds. The molecule has 0 aromatic heterocycles. The summed E-state index contributed by atoms with van der Waals surface area (Å²) in [6.45, 7) is 1.98. The van der Waals surface area contributed by atoms with Crippen LogP contribution in [0, 0.1) is 0 Å². The Bertz CT molecular complexity index is 1080. The van der Waals surface area contributed by atoms with Gasteiger partial charge in [-0.3, -0.25) is 9.10 Å². The maximum absolute atomic E-state index is 12.8. The van der Waals surface area contributed by atoms with E-state index in [0.29, 0.717) is 12.4 Å². The second-order valence-corrected chi connectivity index (χ2v) is 8.81. The monoisotopic (exact) mass is 480 g/mol. The van der Waals surface area contributed by atoms with Crippen LogP contribution in [0.1, 0.15) is 23.7 Å². The quantitative estimate of drug-likeness (QED) is 0.488. The third kappa shape index (κ3) is 6.75. The van der Waals surface area contributed by atoms with Gasteiger partial charge in [0.05, 0.1) is 51.1 Å². The van der Waals surface area contributed by atoms with E-state index in [9.17, 15) is 18.0 Å². The van der Waals surface area contributed by atoms with Gasteiger partial charge in [-0.2, -0.15) is 0 Å². The molecular formula is C22H28N2O8S. The van der Waals surface area contributed by atoms with Crippen molar-refractivity contribution in [2.45, 2.75) is 13.3 Å². The van der Waals surface area contributed by atoms with Crippen molar-refractivity contribution in [3.8, 4) is 17.2 Å². The predicted octanol–water partition coefficient (Wildman–Crippen LogP) is 2.68. The summed E-state index contributed by atoms with van der Waals surface area (Å²) in [5.41, 5.74) is 0.394. The highest BCUT2D eigenvalue weighted by Gasteiger charge is 2.24. The molecule has 0 aliphatic heterocycles. The Morgan fingerprint density at radius 2 is 1.61 bits per heavy atom. The molecule has 0 aliphatic carbocycles. The molecule has 0 atom stereocenters. The van der Waals surface area contributed by atoms with Crippen molar-refractivity contribution < 1.29 is 37.0 Å². The van der Waals surface area contributed by atoms with Gasteiger partial charge in [-0.1, -0.05) is 6.92 Å². The molecule has 0 spiro atoms. The molecule has 0 aliphatic rings. The van der Waals surface area contributed by atoms with Crippen LogP contribution >= 0.6 is 0 Å². The fraction of sp³-hybridized carbons (Fsp3) is 0.364. The first-order valence-electron chi connectivity index (χ1n) is 9.99. The number of nitrogens with zero attached hydrogens (tertiary/aromatic N) is 1. The van der Waals surface area contributed by atoms with E-state index in [1.165, 1.54) is 33.5 Å². The van der Waals surface area contributed by atoms with Crippen molar-refractivity contribution >= 4 is 33.3 Å². The average Bonchev–Trinajstić information content (AvgIpc) is 2.80. The highest BCUT2D eigenvalue weighted by Crippen LogP contribution is 2.34. The molecule has 0 saturated carbocycles. The van der Waals surface area contributed by atoms with Crippen LogP contribution in [0.25, 0.3) is 0 Å². The number of carbonyl (C=O) groups is 2. The maximum atomic E-state index is 12.8. The second-order valence-electron chi connectivity index (χ2n) is 6.90. The van der Waals surface area contributed by atoms with Gasteiger partial charge in [0.15, 0.2) is 11.5 Å². The summed E-state index contributed by atoms with van der Waals surface area (Å²) in [7, 11) is 0.210. The van der Waals surface area contributed by atoms with Gasteiger partial charge in [0.25, 0.3) is 0 Å². The average molecular weight is 481 g/mol. The van der Waals surface area contributed by atoms with Crippen LogP contribution in [0.2, 0.25) is 0 Å². The number of rotatable bonds is 11. The fourth-order valence-corrected chi connectivity index (χ4v) is 3.77. The fourth-order valence-electron chi connectivity index (χ4n) is 2.91. The molecule has 180 valence electrons. The molecule has 0 fully saturated rings. The summed E-state index contributed by atoms with van der Waals surface area (Å²) in [4.78, 5) is 25.0. The van der Waals surface area contributed by atoms with E-state index in [0.717, 1.165) is 17.0 Å². The molecule has 11 heteroatoms. The van der Waals surface area contributed by atoms with Gasteiger partial charge in [0.1, 0.15) is 12.3 Å². The summed E-state index contributed by atoms with van der Waals surface area (Å²) in [5, 5.41) is 2.56. The van der Waals surface area contributed by atoms with E-state index in [1.807, 2.05) is 6.92 Å². The molecule has 10 nitrogen and oxygen atoms in total. The normalized spacial score (nSPS) is 10.8. The molecule has 2 aromatic carbocycles. The number of benzene rings is 2. The molecule has 0 unspecified atom stereocenters. The Kier molecular flexibility index (Phi) is 8.92. The number of hydrogen-bond acceptors (Lipinski definition) is 8. The van der Waals surface area contributed by atoms with Gasteiger partial charge < -0.3 is 24.3 Å². The van der Waals surface area contributed by atoms with E-state index < -0.39 is 28.4 Å². The van der Waals surface area contributed by atoms with Gasteiger partial charge in [0, 0.05) is 12.1 Å². The SMILES string of the molecule is CCCOc1ccc(N(CC(=O)Nc2cc(OC)c(OC)cc2C(=O)OC)S(C)(=O)=O)cc1. The Morgan fingerprint density at radius 3 is 2.12 bits per heavy atom. The van der Waals surface area contributed by atoms with Crippen LogP contribution in [-0.4, -0.2) is 61.0 Å². The Labute approximate surface area is 193 Å². The highest BCUT2D eigenvalue weighted by atomic mass is 32.2. The van der Waals surface area contributed by atoms with E-state index in [4.69, 9.17) is 18.9 Å². The molecule has 2 rings (SSSR count). The number of carbonyl (C=O) groups excluding carboxylic acids is 2. The number of anilines is 2. The number of hydrogen-bond donors (Lipinski definition) is 1. The van der Waals surface area contributed by atoms with Crippen molar-refractivity contribution in [2.75, 3.05) is 50.4 Å². The third-order valence-corrected chi connectivity index (χ3v) is 5.63. The standard InChI is InChI=1S/C22H28N2O8S/c1-6-11-32-16-9-7-15(8-10-16)24(33(5,27)28)14-21(25)23-18-13-20(30-3)19(29-2)12-17(18)22(26)31-4/h7-10,12-13H,6,11,14H2,1-5H3,(H,23,25). The van der Waals surface area contributed by atoms with Crippen molar-refractivity contribution in [3.05, 3.63) is 42.0 Å². The van der Waals surface area contributed by atoms with E-state index >= 15 is 0 Å². The van der Waals surface area contributed by atoms with Crippen LogP contribution in [0.3, 0.4) is 0 Å². The highest BCUT2D eigenvalue weighted by molar-refractivity contribution is 7.92. The van der Waals surface area contributed by atoms with Crippen LogP contribution in [0.4, 0.5) is 11.4 Å². The van der Waals surface area contributed by atoms with Gasteiger partial charge in [0.2, 0.25) is 15.9 Å². The maximum Gasteiger partial charge on any atom is 0.340 e. The van der Waals surface area contributed by atoms with Crippen LogP contribution < -0.4 is 23.8 Å². The lowest BCUT2D eigenvalue weighted by atomic mass is 10.1. The number of nitrogens with one attached hydrogen (secondary N) is 1. The number of amides is 1. The number of methoxy groups -OCH3 is 3. The van der Waals surface area contributed by atoms with E-state index in [-0.39, 0.29) is 28.4 Å². The summed E-state index contributed by atoms with van der Waals surface area (Å²) in [5.74, 6) is -0.272. The lowest BCUT2D eigenvalue weighted by Crippen LogP contribution is -2.37. The predicted molar refractivity (Wildman–Crippen MR) is 124 cm³/mol.